The van der Waals surface area contributed by atoms with Crippen molar-refractivity contribution < 1.29 is 9.53 Å². The Bertz CT molecular complexity index is 489. The van der Waals surface area contributed by atoms with Gasteiger partial charge in [0, 0.05) is 19.1 Å². The van der Waals surface area contributed by atoms with Crippen LogP contribution in [-0.2, 0) is 11.3 Å². The zero-order valence-electron chi connectivity index (χ0n) is 15.1. The Morgan fingerprint density at radius 2 is 2.12 bits per heavy atom. The summed E-state index contributed by atoms with van der Waals surface area (Å²) in [4.78, 5) is 16.3. The van der Waals surface area contributed by atoms with Gasteiger partial charge in [0.05, 0.1) is 13.2 Å². The minimum absolute atomic E-state index is 0.00551. The van der Waals surface area contributed by atoms with Crippen LogP contribution in [0, 0.1) is 5.92 Å². The molecule has 0 aromatic carbocycles. The maximum Gasteiger partial charge on any atom is 0.407 e. The number of thiophene rings is 1. The maximum atomic E-state index is 11.7. The summed E-state index contributed by atoms with van der Waals surface area (Å²) in [7, 11) is 0. The van der Waals surface area contributed by atoms with Crippen molar-refractivity contribution in [2.24, 2.45) is 10.9 Å². The number of hydrogen-bond donors (Lipinski definition) is 3. The smallest absolute Gasteiger partial charge is 0.407 e. The molecule has 6 nitrogen and oxygen atoms in total. The number of ether oxygens (including phenoxy) is 1. The third kappa shape index (κ3) is 8.76. The fourth-order valence-electron chi connectivity index (χ4n) is 2.22. The molecule has 1 rings (SSSR count). The van der Waals surface area contributed by atoms with Crippen molar-refractivity contribution in [3.05, 3.63) is 22.4 Å². The number of nitrogens with zero attached hydrogens (tertiary/aromatic N) is 1. The zero-order valence-corrected chi connectivity index (χ0v) is 15.9. The molecule has 7 heteroatoms. The average Bonchev–Trinajstić information content (AvgIpc) is 3.03. The van der Waals surface area contributed by atoms with Gasteiger partial charge in [-0.2, -0.15) is 11.3 Å². The molecule has 0 aliphatic heterocycles. The number of nitrogens with one attached hydrogen (secondary N) is 3. The summed E-state index contributed by atoms with van der Waals surface area (Å²) >= 11 is 1.67. The molecular formula is C17H30N4O2S. The van der Waals surface area contributed by atoms with Crippen LogP contribution in [0.3, 0.4) is 0 Å². The summed E-state index contributed by atoms with van der Waals surface area (Å²) in [6.07, 6.45) is 0.501. The van der Waals surface area contributed by atoms with Crippen molar-refractivity contribution in [3.63, 3.8) is 0 Å². The molecule has 0 saturated carbocycles. The Morgan fingerprint density at radius 3 is 2.71 bits per heavy atom. The normalized spacial score (nSPS) is 12.8. The first-order valence-electron chi connectivity index (χ1n) is 8.51. The SMILES string of the molecule is CCNC(=NCc1ccsc1)NCC(CC(C)C)NC(=O)OCC. The van der Waals surface area contributed by atoms with Crippen molar-refractivity contribution in [1.82, 2.24) is 16.0 Å². The lowest BCUT2D eigenvalue weighted by atomic mass is 10.0. The van der Waals surface area contributed by atoms with Crippen LogP contribution in [0.25, 0.3) is 0 Å². The Hall–Kier alpha value is -1.76. The molecule has 0 bridgehead atoms. The number of carbonyl (C=O) groups is 1. The van der Waals surface area contributed by atoms with Gasteiger partial charge in [0.1, 0.15) is 0 Å². The Morgan fingerprint density at radius 1 is 1.33 bits per heavy atom. The summed E-state index contributed by atoms with van der Waals surface area (Å²) < 4.78 is 4.98. The largest absolute Gasteiger partial charge is 0.450 e. The van der Waals surface area contributed by atoms with Crippen LogP contribution in [0.5, 0.6) is 0 Å². The lowest BCUT2D eigenvalue weighted by Gasteiger charge is -2.22. The predicted octanol–water partition coefficient (Wildman–Crippen LogP) is 2.96. The average molecular weight is 355 g/mol. The summed E-state index contributed by atoms with van der Waals surface area (Å²) in [5.41, 5.74) is 1.19. The second-order valence-electron chi connectivity index (χ2n) is 5.90. The monoisotopic (exact) mass is 354 g/mol. The van der Waals surface area contributed by atoms with Crippen LogP contribution in [0.1, 0.15) is 39.7 Å². The van der Waals surface area contributed by atoms with E-state index in [4.69, 9.17) is 4.74 Å². The first-order valence-corrected chi connectivity index (χ1v) is 9.45. The van der Waals surface area contributed by atoms with E-state index in [0.29, 0.717) is 25.6 Å². The van der Waals surface area contributed by atoms with E-state index in [9.17, 15) is 4.79 Å². The van der Waals surface area contributed by atoms with Crippen molar-refractivity contribution >= 4 is 23.4 Å². The first kappa shape index (κ1) is 20.3. The lowest BCUT2D eigenvalue weighted by molar-refractivity contribution is 0.146. The van der Waals surface area contributed by atoms with Gasteiger partial charge in [0.25, 0.3) is 0 Å². The minimum Gasteiger partial charge on any atom is -0.450 e. The molecular weight excluding hydrogens is 324 g/mol. The molecule has 0 fully saturated rings. The van der Waals surface area contributed by atoms with E-state index in [0.717, 1.165) is 18.9 Å². The molecule has 0 spiro atoms. The predicted molar refractivity (Wildman–Crippen MR) is 101 cm³/mol. The van der Waals surface area contributed by atoms with E-state index in [-0.39, 0.29) is 12.1 Å². The van der Waals surface area contributed by atoms with Gasteiger partial charge in [-0.3, -0.25) is 0 Å². The molecule has 1 atom stereocenters. The first-order chi connectivity index (χ1) is 11.5. The highest BCUT2D eigenvalue weighted by Gasteiger charge is 2.15. The van der Waals surface area contributed by atoms with Gasteiger partial charge in [0.15, 0.2) is 5.96 Å². The molecule has 1 unspecified atom stereocenters. The molecule has 0 radical (unpaired) electrons. The summed E-state index contributed by atoms with van der Waals surface area (Å²) in [5.74, 6) is 1.23. The molecule has 1 aromatic heterocycles. The van der Waals surface area contributed by atoms with Gasteiger partial charge in [-0.1, -0.05) is 13.8 Å². The number of hydrogen-bond acceptors (Lipinski definition) is 4. The fourth-order valence-corrected chi connectivity index (χ4v) is 2.88. The van der Waals surface area contributed by atoms with Crippen LogP contribution in [0.2, 0.25) is 0 Å². The van der Waals surface area contributed by atoms with E-state index < -0.39 is 0 Å². The molecule has 136 valence electrons. The molecule has 1 aromatic rings. The molecule has 24 heavy (non-hydrogen) atoms. The van der Waals surface area contributed by atoms with Crippen molar-refractivity contribution in [2.75, 3.05) is 19.7 Å². The van der Waals surface area contributed by atoms with Crippen LogP contribution >= 0.6 is 11.3 Å². The number of amides is 1. The number of carbonyl (C=O) groups excluding carboxylic acids is 1. The Labute approximate surface area is 149 Å². The summed E-state index contributed by atoms with van der Waals surface area (Å²) in [6.45, 7) is 10.5. The third-order valence-corrected chi connectivity index (χ3v) is 3.95. The van der Waals surface area contributed by atoms with E-state index in [1.54, 1.807) is 18.3 Å². The fraction of sp³-hybridized carbons (Fsp3) is 0.647. The number of guanidine groups is 1. The van der Waals surface area contributed by atoms with Crippen LogP contribution in [0.4, 0.5) is 4.79 Å². The zero-order chi connectivity index (χ0) is 17.8. The van der Waals surface area contributed by atoms with Gasteiger partial charge >= 0.3 is 6.09 Å². The van der Waals surface area contributed by atoms with E-state index in [2.05, 4.69) is 46.2 Å². The third-order valence-electron chi connectivity index (χ3n) is 3.21. The Kier molecular flexibility index (Phi) is 9.91. The van der Waals surface area contributed by atoms with Crippen LogP contribution in [-0.4, -0.2) is 37.8 Å². The number of rotatable bonds is 9. The van der Waals surface area contributed by atoms with Crippen molar-refractivity contribution in [3.8, 4) is 0 Å². The molecule has 0 aliphatic carbocycles. The topological polar surface area (TPSA) is 74.8 Å². The quantitative estimate of drug-likeness (QED) is 0.471. The summed E-state index contributed by atoms with van der Waals surface area (Å²) in [5, 5.41) is 13.6. The van der Waals surface area contributed by atoms with Crippen LogP contribution < -0.4 is 16.0 Å². The molecule has 0 saturated heterocycles. The maximum absolute atomic E-state index is 11.7. The van der Waals surface area contributed by atoms with Gasteiger partial charge in [-0.05, 0) is 48.6 Å². The van der Waals surface area contributed by atoms with E-state index in [1.807, 2.05) is 12.3 Å². The second-order valence-corrected chi connectivity index (χ2v) is 6.68. The van der Waals surface area contributed by atoms with Crippen LogP contribution in [0.15, 0.2) is 21.8 Å². The molecule has 0 aliphatic rings. The van der Waals surface area contributed by atoms with E-state index >= 15 is 0 Å². The molecule has 1 amide bonds. The van der Waals surface area contributed by atoms with Gasteiger partial charge in [-0.15, -0.1) is 0 Å². The lowest BCUT2D eigenvalue weighted by Crippen LogP contribution is -2.47. The highest BCUT2D eigenvalue weighted by atomic mass is 32.1. The standard InChI is InChI=1S/C17H30N4O2S/c1-5-18-16(19-10-14-7-8-24-12-14)20-11-15(9-13(3)4)21-17(22)23-6-2/h7-8,12-13,15H,5-6,9-11H2,1-4H3,(H,21,22)(H2,18,19,20). The van der Waals surface area contributed by atoms with Crippen molar-refractivity contribution in [1.29, 1.82) is 0 Å². The number of alkyl carbamates (subject to hydrolysis) is 1. The minimum atomic E-state index is -0.370. The van der Waals surface area contributed by atoms with Gasteiger partial charge < -0.3 is 20.7 Å². The molecule has 3 N–H and O–H groups in total. The summed E-state index contributed by atoms with van der Waals surface area (Å²) in [6, 6.07) is 2.07. The second kappa shape index (κ2) is 11.7. The Balaban J connectivity index is 2.58. The highest BCUT2D eigenvalue weighted by Crippen LogP contribution is 2.07. The van der Waals surface area contributed by atoms with E-state index in [1.165, 1.54) is 5.56 Å². The molecule has 1 heterocycles. The van der Waals surface area contributed by atoms with Gasteiger partial charge in [-0.25, -0.2) is 9.79 Å². The van der Waals surface area contributed by atoms with Gasteiger partial charge in [0.2, 0.25) is 0 Å². The van der Waals surface area contributed by atoms with Crippen molar-refractivity contribution in [2.45, 2.75) is 46.7 Å². The highest BCUT2D eigenvalue weighted by molar-refractivity contribution is 7.07. The number of aliphatic imine (C=N–C) groups is 1.